The van der Waals surface area contributed by atoms with E-state index in [1.54, 1.807) is 0 Å². The van der Waals surface area contributed by atoms with E-state index in [4.69, 9.17) is 5.73 Å². The highest BCUT2D eigenvalue weighted by atomic mass is 15.0. The topological polar surface area (TPSA) is 38.0 Å². The molecule has 1 aliphatic rings. The molecule has 14 heavy (non-hydrogen) atoms. The lowest BCUT2D eigenvalue weighted by atomic mass is 9.91. The number of nitrogens with two attached hydrogens (primary N) is 1. The summed E-state index contributed by atoms with van der Waals surface area (Å²) in [7, 11) is 0. The number of hydrogen-bond donors (Lipinski definition) is 2. The lowest BCUT2D eigenvalue weighted by Crippen LogP contribution is -2.50. The molecule has 1 rings (SSSR count). The molecule has 2 nitrogen and oxygen atoms in total. The zero-order chi connectivity index (χ0) is 10.4. The summed E-state index contributed by atoms with van der Waals surface area (Å²) in [6, 6.07) is 0.741. The average Bonchev–Trinajstić information content (AvgIpc) is 2.27. The van der Waals surface area contributed by atoms with E-state index in [1.165, 1.54) is 32.1 Å². The number of hydrogen-bond acceptors (Lipinski definition) is 2. The summed E-state index contributed by atoms with van der Waals surface area (Å²) in [4.78, 5) is 0. The molecule has 1 aliphatic carbocycles. The maximum atomic E-state index is 6.25. The first-order valence-corrected chi connectivity index (χ1v) is 6.22. The highest BCUT2D eigenvalue weighted by molar-refractivity contribution is 4.85. The zero-order valence-electron chi connectivity index (χ0n) is 9.81. The Hall–Kier alpha value is -0.0800. The van der Waals surface area contributed by atoms with Crippen molar-refractivity contribution in [3.05, 3.63) is 0 Å². The van der Waals surface area contributed by atoms with E-state index in [9.17, 15) is 0 Å². The first kappa shape index (κ1) is 12.0. The summed E-state index contributed by atoms with van der Waals surface area (Å²) in [6.07, 6.45) is 9.06. The van der Waals surface area contributed by atoms with Gasteiger partial charge in [0.05, 0.1) is 0 Å². The summed E-state index contributed by atoms with van der Waals surface area (Å²) >= 11 is 0. The largest absolute Gasteiger partial charge is 0.324 e. The third kappa shape index (κ3) is 3.58. The summed E-state index contributed by atoms with van der Waals surface area (Å²) in [5.74, 6) is 0. The molecule has 0 bridgehead atoms. The first-order valence-electron chi connectivity index (χ1n) is 6.22. The van der Waals surface area contributed by atoms with Crippen LogP contribution >= 0.6 is 0 Å². The molecule has 0 aliphatic heterocycles. The second kappa shape index (κ2) is 5.72. The lowest BCUT2D eigenvalue weighted by Gasteiger charge is -2.31. The van der Waals surface area contributed by atoms with Crippen molar-refractivity contribution in [2.75, 3.05) is 6.54 Å². The maximum Gasteiger partial charge on any atom is 0.0275 e. The molecule has 84 valence electrons. The van der Waals surface area contributed by atoms with Gasteiger partial charge in [-0.1, -0.05) is 33.1 Å². The van der Waals surface area contributed by atoms with Gasteiger partial charge >= 0.3 is 0 Å². The molecule has 0 amide bonds. The fraction of sp³-hybridized carbons (Fsp3) is 1.00. The molecule has 0 aromatic rings. The molecule has 0 aromatic carbocycles. The van der Waals surface area contributed by atoms with Crippen LogP contribution in [-0.2, 0) is 0 Å². The monoisotopic (exact) mass is 198 g/mol. The van der Waals surface area contributed by atoms with Gasteiger partial charge in [-0.2, -0.15) is 0 Å². The van der Waals surface area contributed by atoms with Gasteiger partial charge in [0.1, 0.15) is 0 Å². The van der Waals surface area contributed by atoms with Crippen molar-refractivity contribution in [3.63, 3.8) is 0 Å². The van der Waals surface area contributed by atoms with Crippen LogP contribution in [0.25, 0.3) is 0 Å². The Morgan fingerprint density at radius 2 is 1.71 bits per heavy atom. The summed E-state index contributed by atoms with van der Waals surface area (Å²) in [5, 5.41) is 3.64. The molecule has 3 N–H and O–H groups in total. The van der Waals surface area contributed by atoms with Gasteiger partial charge in [-0.05, 0) is 25.7 Å². The molecule has 0 atom stereocenters. The Kier molecular flexibility index (Phi) is 4.90. The van der Waals surface area contributed by atoms with Crippen molar-refractivity contribution in [1.82, 2.24) is 5.32 Å². The summed E-state index contributed by atoms with van der Waals surface area (Å²) in [6.45, 7) is 5.36. The van der Waals surface area contributed by atoms with Crippen molar-refractivity contribution in [2.45, 2.75) is 70.4 Å². The zero-order valence-corrected chi connectivity index (χ0v) is 9.81. The van der Waals surface area contributed by atoms with Crippen LogP contribution < -0.4 is 11.1 Å². The normalized spacial score (nSPS) is 19.9. The second-order valence-electron chi connectivity index (χ2n) is 4.79. The van der Waals surface area contributed by atoms with Gasteiger partial charge in [-0.3, -0.25) is 0 Å². The molecule has 1 saturated carbocycles. The molecule has 1 fully saturated rings. The number of rotatable bonds is 5. The van der Waals surface area contributed by atoms with Crippen molar-refractivity contribution < 1.29 is 0 Å². The van der Waals surface area contributed by atoms with E-state index >= 15 is 0 Å². The van der Waals surface area contributed by atoms with Gasteiger partial charge < -0.3 is 11.1 Å². The molecule has 0 unspecified atom stereocenters. The van der Waals surface area contributed by atoms with Gasteiger partial charge in [0.2, 0.25) is 0 Å². The van der Waals surface area contributed by atoms with Crippen LogP contribution in [-0.4, -0.2) is 18.1 Å². The van der Waals surface area contributed by atoms with E-state index in [1.807, 2.05) is 0 Å². The van der Waals surface area contributed by atoms with E-state index in [0.717, 1.165) is 25.4 Å². The van der Waals surface area contributed by atoms with Crippen molar-refractivity contribution >= 4 is 0 Å². The Bertz CT molecular complexity index is 146. The maximum absolute atomic E-state index is 6.25. The summed E-state index contributed by atoms with van der Waals surface area (Å²) in [5.41, 5.74) is 6.28. The molecule has 0 spiro atoms. The SMILES string of the molecule is CCC(N)(CC)CNC1CCCCC1. The fourth-order valence-electron chi connectivity index (χ4n) is 2.15. The Morgan fingerprint density at radius 1 is 1.14 bits per heavy atom. The van der Waals surface area contributed by atoms with Crippen LogP contribution in [0.1, 0.15) is 58.8 Å². The van der Waals surface area contributed by atoms with Crippen LogP contribution in [0.15, 0.2) is 0 Å². The molecular weight excluding hydrogens is 172 g/mol. The van der Waals surface area contributed by atoms with E-state index in [-0.39, 0.29) is 5.54 Å². The Balaban J connectivity index is 2.23. The smallest absolute Gasteiger partial charge is 0.0275 e. The van der Waals surface area contributed by atoms with Crippen LogP contribution in [0.4, 0.5) is 0 Å². The molecule has 0 radical (unpaired) electrons. The second-order valence-corrected chi connectivity index (χ2v) is 4.79. The summed E-state index contributed by atoms with van der Waals surface area (Å²) < 4.78 is 0. The third-order valence-electron chi connectivity index (χ3n) is 3.76. The van der Waals surface area contributed by atoms with Crippen molar-refractivity contribution in [1.29, 1.82) is 0 Å². The predicted octanol–water partition coefficient (Wildman–Crippen LogP) is 2.43. The van der Waals surface area contributed by atoms with Gasteiger partial charge in [0, 0.05) is 18.1 Å². The number of nitrogens with one attached hydrogen (secondary N) is 1. The minimum atomic E-state index is 0.0252. The van der Waals surface area contributed by atoms with E-state index in [2.05, 4.69) is 19.2 Å². The van der Waals surface area contributed by atoms with E-state index < -0.39 is 0 Å². The minimum absolute atomic E-state index is 0.0252. The Labute approximate surface area is 88.6 Å². The fourth-order valence-corrected chi connectivity index (χ4v) is 2.15. The predicted molar refractivity (Wildman–Crippen MR) is 62.4 cm³/mol. The highest BCUT2D eigenvalue weighted by Gasteiger charge is 2.22. The van der Waals surface area contributed by atoms with Gasteiger partial charge in [0.25, 0.3) is 0 Å². The van der Waals surface area contributed by atoms with Crippen molar-refractivity contribution in [3.8, 4) is 0 Å². The van der Waals surface area contributed by atoms with Crippen LogP contribution in [0, 0.1) is 0 Å². The highest BCUT2D eigenvalue weighted by Crippen LogP contribution is 2.18. The standard InChI is InChI=1S/C12H26N2/c1-3-12(13,4-2)10-14-11-8-6-5-7-9-11/h11,14H,3-10,13H2,1-2H3. The first-order chi connectivity index (χ1) is 6.70. The van der Waals surface area contributed by atoms with Crippen LogP contribution in [0.5, 0.6) is 0 Å². The van der Waals surface area contributed by atoms with Crippen LogP contribution in [0.2, 0.25) is 0 Å². The van der Waals surface area contributed by atoms with Gasteiger partial charge in [0.15, 0.2) is 0 Å². The van der Waals surface area contributed by atoms with Gasteiger partial charge in [-0.15, -0.1) is 0 Å². The molecule has 0 aromatic heterocycles. The van der Waals surface area contributed by atoms with Crippen LogP contribution in [0.3, 0.4) is 0 Å². The quantitative estimate of drug-likeness (QED) is 0.712. The molecule has 0 saturated heterocycles. The average molecular weight is 198 g/mol. The minimum Gasteiger partial charge on any atom is -0.324 e. The van der Waals surface area contributed by atoms with Gasteiger partial charge in [-0.25, -0.2) is 0 Å². The van der Waals surface area contributed by atoms with E-state index in [0.29, 0.717) is 0 Å². The third-order valence-corrected chi connectivity index (χ3v) is 3.76. The molecule has 0 heterocycles. The van der Waals surface area contributed by atoms with Crippen molar-refractivity contribution in [2.24, 2.45) is 5.73 Å². The molecule has 2 heteroatoms. The lowest BCUT2D eigenvalue weighted by molar-refractivity contribution is 0.308. The molecular formula is C12H26N2. The Morgan fingerprint density at radius 3 is 2.21 bits per heavy atom.